The Balaban J connectivity index is 1.07. The van der Waals surface area contributed by atoms with E-state index in [9.17, 15) is 14.4 Å². The molecular weight excluding hydrogens is 619 g/mol. The Hall–Kier alpha value is -5.33. The van der Waals surface area contributed by atoms with Gasteiger partial charge in [0.25, 0.3) is 5.91 Å². The molecule has 0 aromatic heterocycles. The summed E-state index contributed by atoms with van der Waals surface area (Å²) in [4.78, 5) is 50.1. The van der Waals surface area contributed by atoms with E-state index in [1.165, 1.54) is 6.07 Å². The van der Waals surface area contributed by atoms with Gasteiger partial charge in [-0.25, -0.2) is 14.0 Å². The van der Waals surface area contributed by atoms with Gasteiger partial charge in [-0.1, -0.05) is 42.5 Å². The maximum atomic E-state index is 15.3. The van der Waals surface area contributed by atoms with E-state index in [-0.39, 0.29) is 31.2 Å². The summed E-state index contributed by atoms with van der Waals surface area (Å²) >= 11 is 0. The molecule has 2 amide bonds. The number of amides is 2. The first-order chi connectivity index (χ1) is 23.4. The molecule has 0 radical (unpaired) electrons. The SMILES string of the molecule is COc1ccc(CN(C2=NCCCN2)C2CCN(c3ccc(C(=O)NCCC(=O)ONC(=O)OCc4ccccc4)cc3F)CC2)cc1. The van der Waals surface area contributed by atoms with E-state index in [4.69, 9.17) is 14.5 Å². The van der Waals surface area contributed by atoms with Crippen LogP contribution in [0.2, 0.25) is 0 Å². The predicted molar refractivity (Wildman–Crippen MR) is 178 cm³/mol. The molecule has 3 aromatic rings. The number of carbonyl (C=O) groups is 3. The second-order valence-corrected chi connectivity index (χ2v) is 11.5. The van der Waals surface area contributed by atoms with E-state index in [0.29, 0.717) is 25.3 Å². The average Bonchev–Trinajstić information content (AvgIpc) is 3.13. The number of hydroxylamine groups is 1. The highest BCUT2D eigenvalue weighted by molar-refractivity contribution is 5.94. The lowest BCUT2D eigenvalue weighted by atomic mass is 10.0. The van der Waals surface area contributed by atoms with Crippen LogP contribution in [0, 0.1) is 5.82 Å². The van der Waals surface area contributed by atoms with Gasteiger partial charge in [-0.3, -0.25) is 9.79 Å². The number of nitrogens with zero attached hydrogens (tertiary/aromatic N) is 3. The molecule has 0 saturated carbocycles. The minimum atomic E-state index is -0.919. The van der Waals surface area contributed by atoms with Crippen molar-refractivity contribution in [3.63, 3.8) is 0 Å². The van der Waals surface area contributed by atoms with E-state index < -0.39 is 23.8 Å². The third kappa shape index (κ3) is 9.60. The number of benzene rings is 3. The van der Waals surface area contributed by atoms with Crippen molar-refractivity contribution in [2.24, 2.45) is 4.99 Å². The Morgan fingerprint density at radius 3 is 2.48 bits per heavy atom. The number of piperidine rings is 1. The van der Waals surface area contributed by atoms with Crippen LogP contribution in [-0.2, 0) is 27.5 Å². The molecular formula is C35H41FN6O6. The molecule has 2 aliphatic rings. The van der Waals surface area contributed by atoms with E-state index in [2.05, 4.69) is 32.5 Å². The Labute approximate surface area is 279 Å². The van der Waals surface area contributed by atoms with Crippen LogP contribution in [0.5, 0.6) is 5.75 Å². The Bertz CT molecular complexity index is 1560. The number of methoxy groups -OCH3 is 1. The summed E-state index contributed by atoms with van der Waals surface area (Å²) in [6.45, 7) is 3.63. The fraction of sp³-hybridized carbons (Fsp3) is 0.371. The maximum absolute atomic E-state index is 15.3. The minimum absolute atomic E-state index is 0.0196. The zero-order valence-electron chi connectivity index (χ0n) is 27.0. The predicted octanol–water partition coefficient (Wildman–Crippen LogP) is 4.16. The normalized spacial score (nSPS) is 14.6. The molecule has 5 rings (SSSR count). The summed E-state index contributed by atoms with van der Waals surface area (Å²) in [5.74, 6) is -0.0802. The molecule has 1 fully saturated rings. The van der Waals surface area contributed by atoms with Crippen LogP contribution in [0.15, 0.2) is 77.8 Å². The number of nitrogens with one attached hydrogen (secondary N) is 3. The summed E-state index contributed by atoms with van der Waals surface area (Å²) in [5.41, 5.74) is 4.42. The summed E-state index contributed by atoms with van der Waals surface area (Å²) in [6.07, 6.45) is 1.50. The topological polar surface area (TPSA) is 134 Å². The number of ether oxygens (including phenoxy) is 2. The quantitative estimate of drug-likeness (QED) is 0.259. The highest BCUT2D eigenvalue weighted by Gasteiger charge is 2.29. The van der Waals surface area contributed by atoms with Crippen molar-refractivity contribution in [3.8, 4) is 5.75 Å². The number of anilines is 1. The Morgan fingerprint density at radius 1 is 1.02 bits per heavy atom. The fourth-order valence-corrected chi connectivity index (χ4v) is 5.62. The van der Waals surface area contributed by atoms with Crippen molar-refractivity contribution in [2.45, 2.75) is 44.9 Å². The van der Waals surface area contributed by atoms with Gasteiger partial charge in [0, 0.05) is 50.9 Å². The number of rotatable bonds is 11. The third-order valence-electron chi connectivity index (χ3n) is 8.20. The summed E-state index contributed by atoms with van der Waals surface area (Å²) < 4.78 is 25.6. The van der Waals surface area contributed by atoms with E-state index >= 15 is 4.39 Å². The van der Waals surface area contributed by atoms with Gasteiger partial charge in [-0.2, -0.15) is 0 Å². The van der Waals surface area contributed by atoms with Gasteiger partial charge in [-0.15, -0.1) is 5.48 Å². The van der Waals surface area contributed by atoms with E-state index in [1.54, 1.807) is 31.4 Å². The van der Waals surface area contributed by atoms with Crippen LogP contribution in [-0.4, -0.2) is 74.7 Å². The van der Waals surface area contributed by atoms with Gasteiger partial charge in [0.1, 0.15) is 18.2 Å². The molecule has 1 saturated heterocycles. The largest absolute Gasteiger partial charge is 0.497 e. The molecule has 13 heteroatoms. The first-order valence-corrected chi connectivity index (χ1v) is 16.1. The van der Waals surface area contributed by atoms with Gasteiger partial charge < -0.3 is 34.7 Å². The van der Waals surface area contributed by atoms with Crippen LogP contribution in [0.3, 0.4) is 0 Å². The summed E-state index contributed by atoms with van der Waals surface area (Å²) in [6, 6.07) is 21.7. The highest BCUT2D eigenvalue weighted by Crippen LogP contribution is 2.27. The van der Waals surface area contributed by atoms with Gasteiger partial charge in [0.2, 0.25) is 0 Å². The lowest BCUT2D eigenvalue weighted by Gasteiger charge is -2.41. The molecule has 0 spiro atoms. The number of guanidine groups is 1. The molecule has 0 bridgehead atoms. The Kier molecular flexibility index (Phi) is 12.0. The van der Waals surface area contributed by atoms with Crippen molar-refractivity contribution in [1.82, 2.24) is 21.0 Å². The summed E-state index contributed by atoms with van der Waals surface area (Å²) in [5, 5.41) is 6.03. The number of halogens is 1. The molecule has 12 nitrogen and oxygen atoms in total. The fourth-order valence-electron chi connectivity index (χ4n) is 5.62. The zero-order valence-corrected chi connectivity index (χ0v) is 27.0. The second-order valence-electron chi connectivity index (χ2n) is 11.5. The highest BCUT2D eigenvalue weighted by atomic mass is 19.1. The lowest BCUT2D eigenvalue weighted by Crippen LogP contribution is -2.52. The van der Waals surface area contributed by atoms with Crippen LogP contribution < -0.4 is 25.8 Å². The monoisotopic (exact) mass is 660 g/mol. The number of carbonyl (C=O) groups excluding carboxylic acids is 3. The molecule has 0 atom stereocenters. The first-order valence-electron chi connectivity index (χ1n) is 16.1. The maximum Gasteiger partial charge on any atom is 0.441 e. The second kappa shape index (κ2) is 17.0. The number of hydrogen-bond donors (Lipinski definition) is 3. The van der Waals surface area contributed by atoms with Crippen molar-refractivity contribution in [3.05, 3.63) is 95.3 Å². The molecule has 2 heterocycles. The van der Waals surface area contributed by atoms with Crippen LogP contribution in [0.4, 0.5) is 14.9 Å². The number of hydrogen-bond acceptors (Lipinski definition) is 10. The number of aliphatic imine (C=N–C) groups is 1. The Morgan fingerprint density at radius 2 is 1.79 bits per heavy atom. The average molecular weight is 661 g/mol. The third-order valence-corrected chi connectivity index (χ3v) is 8.20. The first kappa shape index (κ1) is 34.0. The van der Waals surface area contributed by atoms with E-state index in [0.717, 1.165) is 55.2 Å². The summed E-state index contributed by atoms with van der Waals surface area (Å²) in [7, 11) is 1.65. The van der Waals surface area contributed by atoms with Gasteiger partial charge in [0.05, 0.1) is 19.2 Å². The van der Waals surface area contributed by atoms with Crippen LogP contribution in [0.25, 0.3) is 0 Å². The molecule has 0 aliphatic carbocycles. The lowest BCUT2D eigenvalue weighted by molar-refractivity contribution is -0.149. The zero-order chi connectivity index (χ0) is 33.7. The molecule has 48 heavy (non-hydrogen) atoms. The van der Waals surface area contributed by atoms with Crippen molar-refractivity contribution >= 4 is 29.6 Å². The molecule has 3 N–H and O–H groups in total. The van der Waals surface area contributed by atoms with Gasteiger partial charge in [-0.05, 0) is 60.7 Å². The molecule has 254 valence electrons. The molecule has 2 aliphatic heterocycles. The smallest absolute Gasteiger partial charge is 0.441 e. The van der Waals surface area contributed by atoms with Crippen LogP contribution >= 0.6 is 0 Å². The van der Waals surface area contributed by atoms with Crippen molar-refractivity contribution < 1.29 is 33.1 Å². The molecule has 3 aromatic carbocycles. The van der Waals surface area contributed by atoms with Crippen molar-refractivity contribution in [2.75, 3.05) is 44.7 Å². The molecule has 0 unspecified atom stereocenters. The van der Waals surface area contributed by atoms with Gasteiger partial charge in [0.15, 0.2) is 5.96 Å². The van der Waals surface area contributed by atoms with Crippen molar-refractivity contribution in [1.29, 1.82) is 0 Å². The standard InChI is InChI=1S/C35H41FN6O6/c1-46-29-11-8-25(9-12-29)23-42(34-38-17-5-18-39-34)28-15-20-41(21-16-28)31-13-10-27(22-30(31)36)33(44)37-19-14-32(43)48-40-35(45)47-24-26-6-3-2-4-7-26/h2-4,6-13,22,28H,5,14-21,23-24H2,1H3,(H,37,44)(H,38,39)(H,40,45). The van der Waals surface area contributed by atoms with Gasteiger partial charge >= 0.3 is 12.1 Å². The van der Waals surface area contributed by atoms with E-state index in [1.807, 2.05) is 40.7 Å². The van der Waals surface area contributed by atoms with Crippen LogP contribution in [0.1, 0.15) is 47.2 Å². The minimum Gasteiger partial charge on any atom is -0.497 e.